The summed E-state index contributed by atoms with van der Waals surface area (Å²) in [7, 11) is 0. The van der Waals surface area contributed by atoms with Gasteiger partial charge in [-0.05, 0) is 32.1 Å². The van der Waals surface area contributed by atoms with Crippen LogP contribution in [0.5, 0.6) is 0 Å². The zero-order valence-corrected chi connectivity index (χ0v) is 8.83. The lowest BCUT2D eigenvalue weighted by molar-refractivity contribution is -0.0238. The molecule has 2 fully saturated rings. The number of ether oxygens (including phenoxy) is 1. The van der Waals surface area contributed by atoms with Gasteiger partial charge in [0.15, 0.2) is 0 Å². The molecule has 2 saturated heterocycles. The lowest BCUT2D eigenvalue weighted by Gasteiger charge is -2.38. The third-order valence-corrected chi connectivity index (χ3v) is 3.58. The monoisotopic (exact) mass is 183 g/mol. The third-order valence-electron chi connectivity index (χ3n) is 3.58. The lowest BCUT2D eigenvalue weighted by Crippen LogP contribution is -2.48. The molecule has 0 amide bonds. The first-order valence-electron chi connectivity index (χ1n) is 5.61. The Hall–Kier alpha value is -0.0800. The van der Waals surface area contributed by atoms with Crippen molar-refractivity contribution in [3.05, 3.63) is 0 Å². The Morgan fingerprint density at radius 2 is 2.08 bits per heavy atom. The van der Waals surface area contributed by atoms with Crippen LogP contribution in [-0.4, -0.2) is 36.7 Å². The second kappa shape index (κ2) is 3.97. The van der Waals surface area contributed by atoms with Crippen LogP contribution in [0.1, 0.15) is 33.1 Å². The summed E-state index contributed by atoms with van der Waals surface area (Å²) < 4.78 is 5.54. The van der Waals surface area contributed by atoms with Crippen LogP contribution in [0.4, 0.5) is 0 Å². The number of morpholine rings is 1. The molecule has 2 aliphatic heterocycles. The van der Waals surface area contributed by atoms with Crippen LogP contribution >= 0.6 is 0 Å². The second-order valence-electron chi connectivity index (χ2n) is 4.73. The molecular weight excluding hydrogens is 162 g/mol. The van der Waals surface area contributed by atoms with Crippen molar-refractivity contribution >= 4 is 0 Å². The van der Waals surface area contributed by atoms with Crippen LogP contribution in [0.25, 0.3) is 0 Å². The number of nitrogens with zero attached hydrogens (tertiary/aromatic N) is 1. The van der Waals surface area contributed by atoms with Gasteiger partial charge in [0.1, 0.15) is 0 Å². The minimum absolute atomic E-state index is 0.716. The highest BCUT2D eigenvalue weighted by Gasteiger charge is 2.30. The highest BCUT2D eigenvalue weighted by molar-refractivity contribution is 4.84. The minimum atomic E-state index is 0.716. The average molecular weight is 183 g/mol. The molecule has 2 rings (SSSR count). The molecule has 2 aliphatic rings. The van der Waals surface area contributed by atoms with Crippen LogP contribution in [0.2, 0.25) is 0 Å². The highest BCUT2D eigenvalue weighted by atomic mass is 16.5. The molecule has 0 bridgehead atoms. The van der Waals surface area contributed by atoms with Crippen molar-refractivity contribution < 1.29 is 4.74 Å². The summed E-state index contributed by atoms with van der Waals surface area (Å²) in [6.45, 7) is 7.82. The second-order valence-corrected chi connectivity index (χ2v) is 4.73. The van der Waals surface area contributed by atoms with Crippen molar-refractivity contribution in [2.24, 2.45) is 5.92 Å². The van der Waals surface area contributed by atoms with Gasteiger partial charge in [-0.2, -0.15) is 0 Å². The molecular formula is C11H21NO. The van der Waals surface area contributed by atoms with E-state index < -0.39 is 0 Å². The quantitative estimate of drug-likeness (QED) is 0.568. The Morgan fingerprint density at radius 1 is 1.23 bits per heavy atom. The van der Waals surface area contributed by atoms with Crippen molar-refractivity contribution in [2.45, 2.75) is 45.2 Å². The molecule has 0 aromatic rings. The molecule has 0 aliphatic carbocycles. The molecule has 0 aromatic carbocycles. The van der Waals surface area contributed by atoms with E-state index in [1.165, 1.54) is 19.3 Å². The predicted molar refractivity (Wildman–Crippen MR) is 53.8 cm³/mol. The molecule has 2 heteroatoms. The molecule has 2 nitrogen and oxygen atoms in total. The first-order valence-corrected chi connectivity index (χ1v) is 5.61. The first kappa shape index (κ1) is 9.47. The maximum absolute atomic E-state index is 5.54. The van der Waals surface area contributed by atoms with Gasteiger partial charge in [-0.15, -0.1) is 0 Å². The Kier molecular flexibility index (Phi) is 2.89. The van der Waals surface area contributed by atoms with Crippen molar-refractivity contribution in [3.63, 3.8) is 0 Å². The van der Waals surface area contributed by atoms with E-state index in [1.807, 2.05) is 0 Å². The summed E-state index contributed by atoms with van der Waals surface area (Å²) in [5, 5.41) is 0. The highest BCUT2D eigenvalue weighted by Crippen LogP contribution is 2.27. The number of fused-ring (bicyclic) bond motifs is 1. The molecule has 2 heterocycles. The van der Waals surface area contributed by atoms with Gasteiger partial charge < -0.3 is 4.74 Å². The Bertz CT molecular complexity index is 171. The zero-order valence-electron chi connectivity index (χ0n) is 8.83. The van der Waals surface area contributed by atoms with Crippen LogP contribution in [0.15, 0.2) is 0 Å². The normalized spacial score (nSPS) is 42.5. The SMILES string of the molecule is CC1CCC2COCCN2C(C)C1. The largest absolute Gasteiger partial charge is 0.378 e. The zero-order chi connectivity index (χ0) is 9.26. The summed E-state index contributed by atoms with van der Waals surface area (Å²) in [4.78, 5) is 2.66. The van der Waals surface area contributed by atoms with Crippen LogP contribution < -0.4 is 0 Å². The van der Waals surface area contributed by atoms with Gasteiger partial charge in [0, 0.05) is 18.6 Å². The van der Waals surface area contributed by atoms with Gasteiger partial charge >= 0.3 is 0 Å². The molecule has 0 radical (unpaired) electrons. The summed E-state index contributed by atoms with van der Waals surface area (Å²) in [5.41, 5.74) is 0. The van der Waals surface area contributed by atoms with Crippen LogP contribution in [-0.2, 0) is 4.74 Å². The van der Waals surface area contributed by atoms with Crippen molar-refractivity contribution in [3.8, 4) is 0 Å². The maximum atomic E-state index is 5.54. The molecule has 3 unspecified atom stereocenters. The molecule has 3 atom stereocenters. The third kappa shape index (κ3) is 2.05. The van der Waals surface area contributed by atoms with Crippen molar-refractivity contribution in [1.29, 1.82) is 0 Å². The van der Waals surface area contributed by atoms with E-state index in [1.54, 1.807) is 0 Å². The van der Waals surface area contributed by atoms with Crippen molar-refractivity contribution in [1.82, 2.24) is 4.90 Å². The van der Waals surface area contributed by atoms with E-state index in [9.17, 15) is 0 Å². The molecule has 76 valence electrons. The van der Waals surface area contributed by atoms with E-state index in [4.69, 9.17) is 4.74 Å². The molecule has 0 saturated carbocycles. The number of hydrogen-bond donors (Lipinski definition) is 0. The first-order chi connectivity index (χ1) is 6.27. The van der Waals surface area contributed by atoms with E-state index in [0.717, 1.165) is 31.7 Å². The summed E-state index contributed by atoms with van der Waals surface area (Å²) >= 11 is 0. The predicted octanol–water partition coefficient (Wildman–Crippen LogP) is 1.90. The lowest BCUT2D eigenvalue weighted by atomic mass is 9.99. The summed E-state index contributed by atoms with van der Waals surface area (Å²) in [6.07, 6.45) is 4.09. The smallest absolute Gasteiger partial charge is 0.0622 e. The average Bonchev–Trinajstić information content (AvgIpc) is 2.27. The van der Waals surface area contributed by atoms with Gasteiger partial charge in [0.05, 0.1) is 13.2 Å². The van der Waals surface area contributed by atoms with Crippen molar-refractivity contribution in [2.75, 3.05) is 19.8 Å². The van der Waals surface area contributed by atoms with E-state index in [-0.39, 0.29) is 0 Å². The van der Waals surface area contributed by atoms with Gasteiger partial charge in [0.25, 0.3) is 0 Å². The Morgan fingerprint density at radius 3 is 2.92 bits per heavy atom. The molecule has 0 spiro atoms. The fourth-order valence-corrected chi connectivity index (χ4v) is 2.81. The minimum Gasteiger partial charge on any atom is -0.378 e. The number of rotatable bonds is 0. The standard InChI is InChI=1S/C11H21NO/c1-9-3-4-11-8-13-6-5-12(11)10(2)7-9/h9-11H,3-8H2,1-2H3. The van der Waals surface area contributed by atoms with E-state index in [0.29, 0.717) is 6.04 Å². The fourth-order valence-electron chi connectivity index (χ4n) is 2.81. The molecule has 13 heavy (non-hydrogen) atoms. The Balaban J connectivity index is 2.03. The van der Waals surface area contributed by atoms with Gasteiger partial charge in [-0.25, -0.2) is 0 Å². The summed E-state index contributed by atoms with van der Waals surface area (Å²) in [6, 6.07) is 1.49. The Labute approximate surface area is 81.3 Å². The van der Waals surface area contributed by atoms with E-state index in [2.05, 4.69) is 18.7 Å². The van der Waals surface area contributed by atoms with Crippen LogP contribution in [0.3, 0.4) is 0 Å². The molecule has 0 aromatic heterocycles. The fraction of sp³-hybridized carbons (Fsp3) is 1.00. The van der Waals surface area contributed by atoms with Crippen LogP contribution in [0, 0.1) is 5.92 Å². The molecule has 0 N–H and O–H groups in total. The van der Waals surface area contributed by atoms with Gasteiger partial charge in [-0.1, -0.05) is 6.92 Å². The van der Waals surface area contributed by atoms with E-state index >= 15 is 0 Å². The van der Waals surface area contributed by atoms with Gasteiger partial charge in [-0.3, -0.25) is 4.90 Å². The number of hydrogen-bond acceptors (Lipinski definition) is 2. The summed E-state index contributed by atoms with van der Waals surface area (Å²) in [5.74, 6) is 0.903. The maximum Gasteiger partial charge on any atom is 0.0622 e. The topological polar surface area (TPSA) is 12.5 Å². The van der Waals surface area contributed by atoms with Gasteiger partial charge in [0.2, 0.25) is 0 Å².